The van der Waals surface area contributed by atoms with Crippen LogP contribution in [0.15, 0.2) is 122 Å². The molecule has 0 aliphatic carbocycles. The van der Waals surface area contributed by atoms with Gasteiger partial charge in [0.05, 0.1) is 80.7 Å². The third-order valence-electron chi connectivity index (χ3n) is 8.27. The molecule has 3 aromatic heterocycles. The molecule has 8 aromatic rings. The molecule has 0 saturated heterocycles. The van der Waals surface area contributed by atoms with Crippen molar-refractivity contribution in [1.82, 2.24) is 14.1 Å². The van der Waals surface area contributed by atoms with E-state index < -0.39 is 0 Å². The fourth-order valence-corrected chi connectivity index (χ4v) is 6.42. The lowest BCUT2D eigenvalue weighted by molar-refractivity contribution is 1.09. The molecule has 0 bridgehead atoms. The Labute approximate surface area is 252 Å². The van der Waals surface area contributed by atoms with Gasteiger partial charge in [0.25, 0.3) is 0 Å². The van der Waals surface area contributed by atoms with Crippen LogP contribution in [0.3, 0.4) is 0 Å². The molecule has 0 atom stereocenters. The first-order valence-electron chi connectivity index (χ1n) is 14.1. The number of hydrogen-bond donors (Lipinski definition) is 0. The summed E-state index contributed by atoms with van der Waals surface area (Å²) in [6.07, 6.45) is 3.73. The second-order valence-electron chi connectivity index (χ2n) is 10.6. The molecule has 0 amide bonds. The van der Waals surface area contributed by atoms with E-state index in [1.807, 2.05) is 91.3 Å². The Balaban J connectivity index is 1.56. The highest BCUT2D eigenvalue weighted by Crippen LogP contribution is 2.41. The normalized spacial score (nSPS) is 11.1. The smallest absolute Gasteiger partial charge is 0.0991 e. The molecular weight excluding hydrogens is 540 g/mol. The topological polar surface area (TPSA) is 94.1 Å². The predicted molar refractivity (Wildman–Crippen MR) is 172 cm³/mol. The second-order valence-corrected chi connectivity index (χ2v) is 10.6. The van der Waals surface area contributed by atoms with E-state index in [0.29, 0.717) is 16.7 Å². The molecule has 5 aromatic carbocycles. The fraction of sp³-hybridized carbons (Fsp3) is 0. The standard InChI is InChI=1S/C38H20N6/c39-19-24-6-5-7-27(16-24)38-36(43-32-10-3-1-8-28(32)30-17-25(20-40)12-14-34(30)43)22-42-23-37(38)44-33-11-4-2-9-29(33)31-18-26(21-41)13-15-35(31)44/h1-18,22-23H. The van der Waals surface area contributed by atoms with Crippen molar-refractivity contribution in [2.24, 2.45) is 0 Å². The Kier molecular flexibility index (Phi) is 5.53. The molecule has 0 aliphatic heterocycles. The maximum atomic E-state index is 9.85. The van der Waals surface area contributed by atoms with Crippen LogP contribution < -0.4 is 0 Å². The van der Waals surface area contributed by atoms with Gasteiger partial charge in [-0.3, -0.25) is 4.98 Å². The van der Waals surface area contributed by atoms with Crippen molar-refractivity contribution in [2.75, 3.05) is 0 Å². The Morgan fingerprint density at radius 1 is 0.455 bits per heavy atom. The molecule has 0 unspecified atom stereocenters. The Morgan fingerprint density at radius 2 is 0.932 bits per heavy atom. The van der Waals surface area contributed by atoms with Crippen LogP contribution >= 0.6 is 0 Å². The van der Waals surface area contributed by atoms with E-state index in [0.717, 1.165) is 66.1 Å². The van der Waals surface area contributed by atoms with E-state index in [2.05, 4.69) is 51.6 Å². The zero-order valence-corrected chi connectivity index (χ0v) is 23.2. The van der Waals surface area contributed by atoms with Crippen molar-refractivity contribution in [3.8, 4) is 40.7 Å². The molecule has 0 spiro atoms. The summed E-state index contributed by atoms with van der Waals surface area (Å²) in [6, 6.07) is 42.3. The molecule has 6 nitrogen and oxygen atoms in total. The third kappa shape index (κ3) is 3.61. The molecule has 0 saturated carbocycles. The van der Waals surface area contributed by atoms with E-state index in [1.54, 1.807) is 6.07 Å². The lowest BCUT2D eigenvalue weighted by Gasteiger charge is -2.19. The molecular formula is C38H20N6. The molecule has 44 heavy (non-hydrogen) atoms. The van der Waals surface area contributed by atoms with Gasteiger partial charge in [-0.25, -0.2) is 0 Å². The summed E-state index contributed by atoms with van der Waals surface area (Å²) in [7, 11) is 0. The van der Waals surface area contributed by atoms with Gasteiger partial charge in [0.2, 0.25) is 0 Å². The van der Waals surface area contributed by atoms with Crippen LogP contribution in [0.25, 0.3) is 66.1 Å². The zero-order chi connectivity index (χ0) is 29.8. The van der Waals surface area contributed by atoms with Crippen LogP contribution in [-0.2, 0) is 0 Å². The summed E-state index contributed by atoms with van der Waals surface area (Å²) >= 11 is 0. The van der Waals surface area contributed by atoms with Crippen molar-refractivity contribution in [1.29, 1.82) is 15.8 Å². The number of para-hydroxylation sites is 2. The minimum atomic E-state index is 0.554. The number of hydrogen-bond acceptors (Lipinski definition) is 4. The SMILES string of the molecule is N#Cc1cccc(-c2c(-n3c4ccccc4c4cc(C#N)ccc43)cncc2-n2c3ccccc3c3cc(C#N)ccc32)c1. The minimum absolute atomic E-state index is 0.554. The highest BCUT2D eigenvalue weighted by atomic mass is 15.0. The van der Waals surface area contributed by atoms with Gasteiger partial charge in [0, 0.05) is 27.1 Å². The van der Waals surface area contributed by atoms with Crippen LogP contribution in [0.5, 0.6) is 0 Å². The maximum absolute atomic E-state index is 9.85. The molecule has 0 fully saturated rings. The van der Waals surface area contributed by atoms with Crippen molar-refractivity contribution < 1.29 is 0 Å². The number of nitrogens with zero attached hydrogens (tertiary/aromatic N) is 6. The number of benzene rings is 5. The van der Waals surface area contributed by atoms with Crippen LogP contribution in [-0.4, -0.2) is 14.1 Å². The molecule has 0 N–H and O–H groups in total. The first kappa shape index (κ1) is 25.1. The highest BCUT2D eigenvalue weighted by molar-refractivity contribution is 6.12. The summed E-state index contributed by atoms with van der Waals surface area (Å²) < 4.78 is 4.39. The summed E-state index contributed by atoms with van der Waals surface area (Å²) in [6.45, 7) is 0. The van der Waals surface area contributed by atoms with Crippen LogP contribution in [0.2, 0.25) is 0 Å². The molecule has 0 aliphatic rings. The summed E-state index contributed by atoms with van der Waals surface area (Å²) in [5.74, 6) is 0. The van der Waals surface area contributed by atoms with E-state index >= 15 is 0 Å². The van der Waals surface area contributed by atoms with Gasteiger partial charge in [0.15, 0.2) is 0 Å². The van der Waals surface area contributed by atoms with Gasteiger partial charge in [-0.15, -0.1) is 0 Å². The molecule has 0 radical (unpaired) electrons. The first-order valence-corrected chi connectivity index (χ1v) is 14.1. The van der Waals surface area contributed by atoms with E-state index in [9.17, 15) is 15.8 Å². The Hall–Kier alpha value is -6.68. The van der Waals surface area contributed by atoms with Gasteiger partial charge in [-0.05, 0) is 66.2 Å². The average molecular weight is 561 g/mol. The van der Waals surface area contributed by atoms with Crippen LogP contribution in [0.1, 0.15) is 16.7 Å². The van der Waals surface area contributed by atoms with Crippen LogP contribution in [0, 0.1) is 34.0 Å². The van der Waals surface area contributed by atoms with Crippen molar-refractivity contribution >= 4 is 43.6 Å². The second kappa shape index (κ2) is 9.71. The van der Waals surface area contributed by atoms with Gasteiger partial charge >= 0.3 is 0 Å². The highest BCUT2D eigenvalue weighted by Gasteiger charge is 2.22. The van der Waals surface area contributed by atoms with Gasteiger partial charge in [-0.1, -0.05) is 48.5 Å². The Morgan fingerprint density at radius 3 is 1.45 bits per heavy atom. The molecule has 202 valence electrons. The lowest BCUT2D eigenvalue weighted by Crippen LogP contribution is -2.05. The maximum Gasteiger partial charge on any atom is 0.0991 e. The van der Waals surface area contributed by atoms with Crippen molar-refractivity contribution in [3.63, 3.8) is 0 Å². The fourth-order valence-electron chi connectivity index (χ4n) is 6.42. The first-order chi connectivity index (χ1) is 21.7. The monoisotopic (exact) mass is 560 g/mol. The summed E-state index contributed by atoms with van der Waals surface area (Å²) in [5, 5.41) is 33.2. The molecule has 3 heterocycles. The number of pyridine rings is 1. The molecule has 8 rings (SSSR count). The average Bonchev–Trinajstić information content (AvgIpc) is 3.59. The van der Waals surface area contributed by atoms with Crippen LogP contribution in [0.4, 0.5) is 0 Å². The largest absolute Gasteiger partial charge is 0.307 e. The van der Waals surface area contributed by atoms with Crippen molar-refractivity contribution in [3.05, 3.63) is 138 Å². The quantitative estimate of drug-likeness (QED) is 0.216. The van der Waals surface area contributed by atoms with Gasteiger partial charge < -0.3 is 9.13 Å². The number of nitriles is 3. The minimum Gasteiger partial charge on any atom is -0.307 e. The van der Waals surface area contributed by atoms with Gasteiger partial charge in [-0.2, -0.15) is 15.8 Å². The molecule has 6 heteroatoms. The zero-order valence-electron chi connectivity index (χ0n) is 23.2. The summed E-state index contributed by atoms with van der Waals surface area (Å²) in [4.78, 5) is 4.81. The number of aromatic nitrogens is 3. The predicted octanol–water partition coefficient (Wildman–Crippen LogP) is 8.56. The van der Waals surface area contributed by atoms with Crippen molar-refractivity contribution in [2.45, 2.75) is 0 Å². The van der Waals surface area contributed by atoms with E-state index in [-0.39, 0.29) is 0 Å². The summed E-state index contributed by atoms with van der Waals surface area (Å²) in [5.41, 5.74) is 9.05. The Bertz CT molecular complexity index is 2450. The lowest BCUT2D eigenvalue weighted by atomic mass is 10.0. The van der Waals surface area contributed by atoms with E-state index in [1.165, 1.54) is 0 Å². The van der Waals surface area contributed by atoms with Gasteiger partial charge in [0.1, 0.15) is 0 Å². The third-order valence-corrected chi connectivity index (χ3v) is 8.27. The number of fused-ring (bicyclic) bond motifs is 6. The van der Waals surface area contributed by atoms with E-state index in [4.69, 9.17) is 4.98 Å². The number of rotatable bonds is 3.